The van der Waals surface area contributed by atoms with Gasteiger partial charge in [0.05, 0.1) is 0 Å². The van der Waals surface area contributed by atoms with Crippen LogP contribution in [0.15, 0.2) is 5.18 Å². The van der Waals surface area contributed by atoms with Crippen LogP contribution in [-0.2, 0) is 9.53 Å². The van der Waals surface area contributed by atoms with Gasteiger partial charge in [-0.3, -0.25) is 4.79 Å². The lowest BCUT2D eigenvalue weighted by molar-refractivity contribution is -0.130. The van der Waals surface area contributed by atoms with Crippen LogP contribution in [0.2, 0.25) is 0 Å². The molecule has 2 amide bonds. The van der Waals surface area contributed by atoms with Gasteiger partial charge in [-0.2, -0.15) is 0 Å². The molecule has 0 aromatic heterocycles. The molecular formula is C11H19N3O4. The Hall–Kier alpha value is -1.66. The number of nitrogens with one attached hydrogen (secondary N) is 1. The number of hydrogen-bond donors (Lipinski definition) is 1. The zero-order valence-corrected chi connectivity index (χ0v) is 10.9. The van der Waals surface area contributed by atoms with Crippen LogP contribution in [0, 0.1) is 4.91 Å². The van der Waals surface area contributed by atoms with E-state index in [0.717, 1.165) is 6.42 Å². The number of amides is 2. The Balaban J connectivity index is 2.37. The normalized spacial score (nSPS) is 19.5. The highest BCUT2D eigenvalue weighted by Gasteiger charge is 2.29. The van der Waals surface area contributed by atoms with Crippen molar-refractivity contribution in [2.24, 2.45) is 5.18 Å². The number of likely N-dealkylation sites (tertiary alicyclic amines) is 1. The van der Waals surface area contributed by atoms with Crippen molar-refractivity contribution in [3.05, 3.63) is 4.91 Å². The van der Waals surface area contributed by atoms with E-state index in [1.165, 1.54) is 4.90 Å². The topological polar surface area (TPSA) is 88.1 Å². The van der Waals surface area contributed by atoms with Crippen molar-refractivity contribution in [2.45, 2.75) is 45.4 Å². The first kappa shape index (κ1) is 14.4. The highest BCUT2D eigenvalue weighted by Crippen LogP contribution is 2.17. The Morgan fingerprint density at radius 3 is 2.67 bits per heavy atom. The molecule has 0 bridgehead atoms. The van der Waals surface area contributed by atoms with Crippen molar-refractivity contribution in [3.8, 4) is 0 Å². The summed E-state index contributed by atoms with van der Waals surface area (Å²) in [7, 11) is 0. The summed E-state index contributed by atoms with van der Waals surface area (Å²) in [5.41, 5.74) is -0.604. The fraction of sp³-hybridized carbons (Fsp3) is 0.818. The van der Waals surface area contributed by atoms with Gasteiger partial charge in [0.15, 0.2) is 6.17 Å². The first-order chi connectivity index (χ1) is 8.33. The van der Waals surface area contributed by atoms with Gasteiger partial charge in [-0.1, -0.05) is 0 Å². The quantitative estimate of drug-likeness (QED) is 0.770. The van der Waals surface area contributed by atoms with Crippen LogP contribution in [0.5, 0.6) is 0 Å². The Morgan fingerprint density at radius 2 is 2.11 bits per heavy atom. The average Bonchev–Trinajstić information content (AvgIpc) is 2.71. The number of nitrogens with zero attached hydrogens (tertiary/aromatic N) is 2. The molecule has 1 saturated heterocycles. The van der Waals surface area contributed by atoms with Crippen molar-refractivity contribution in [2.75, 3.05) is 13.1 Å². The van der Waals surface area contributed by atoms with E-state index in [1.54, 1.807) is 20.8 Å². The molecule has 1 aliphatic heterocycles. The van der Waals surface area contributed by atoms with Crippen LogP contribution in [0.25, 0.3) is 0 Å². The summed E-state index contributed by atoms with van der Waals surface area (Å²) >= 11 is 0. The van der Waals surface area contributed by atoms with Gasteiger partial charge in [0.1, 0.15) is 12.1 Å². The molecule has 0 saturated carbocycles. The van der Waals surface area contributed by atoms with Gasteiger partial charge in [0, 0.05) is 6.54 Å². The largest absolute Gasteiger partial charge is 0.444 e. The maximum atomic E-state index is 11.7. The zero-order chi connectivity index (χ0) is 13.8. The fourth-order valence-electron chi connectivity index (χ4n) is 1.71. The van der Waals surface area contributed by atoms with E-state index >= 15 is 0 Å². The summed E-state index contributed by atoms with van der Waals surface area (Å²) in [5, 5.41) is 5.25. The number of carbonyl (C=O) groups excluding carboxylic acids is 2. The fourth-order valence-corrected chi connectivity index (χ4v) is 1.71. The molecule has 7 heteroatoms. The van der Waals surface area contributed by atoms with Crippen LogP contribution >= 0.6 is 0 Å². The molecule has 1 heterocycles. The van der Waals surface area contributed by atoms with Gasteiger partial charge < -0.3 is 15.0 Å². The Labute approximate surface area is 106 Å². The molecule has 0 aromatic rings. The van der Waals surface area contributed by atoms with Crippen LogP contribution in [0.1, 0.15) is 33.6 Å². The van der Waals surface area contributed by atoms with E-state index in [1.807, 2.05) is 0 Å². The Bertz CT molecular complexity index is 338. The Kier molecular flexibility index (Phi) is 4.63. The SMILES string of the molecule is CC(C)(C)OC(=O)NCC(=O)N1CCC[C@H]1N=O. The van der Waals surface area contributed by atoms with Crippen LogP contribution in [0.4, 0.5) is 4.79 Å². The summed E-state index contributed by atoms with van der Waals surface area (Å²) < 4.78 is 5.00. The molecule has 18 heavy (non-hydrogen) atoms. The van der Waals surface area contributed by atoms with E-state index < -0.39 is 17.9 Å². The van der Waals surface area contributed by atoms with Crippen molar-refractivity contribution in [1.29, 1.82) is 0 Å². The van der Waals surface area contributed by atoms with Crippen LogP contribution < -0.4 is 5.32 Å². The second kappa shape index (κ2) is 5.79. The lowest BCUT2D eigenvalue weighted by Crippen LogP contribution is -2.43. The predicted molar refractivity (Wildman–Crippen MR) is 64.8 cm³/mol. The molecular weight excluding hydrogens is 238 g/mol. The summed E-state index contributed by atoms with van der Waals surface area (Å²) in [4.78, 5) is 35.0. The standard InChI is InChI=1S/C11H19N3O4/c1-11(2,3)18-10(16)12-7-9(15)14-6-4-5-8(14)13-17/h8H,4-7H2,1-3H3,(H,12,16)/t8-/m0/s1. The third-order valence-electron chi connectivity index (χ3n) is 2.45. The number of nitroso groups, excluding NO2 is 1. The second-order valence-electron chi connectivity index (χ2n) is 5.17. The van der Waals surface area contributed by atoms with Crippen molar-refractivity contribution in [1.82, 2.24) is 10.2 Å². The first-order valence-corrected chi connectivity index (χ1v) is 5.92. The lowest BCUT2D eigenvalue weighted by Gasteiger charge is -2.21. The predicted octanol–water partition coefficient (Wildman–Crippen LogP) is 1.23. The van der Waals surface area contributed by atoms with Gasteiger partial charge in [-0.15, -0.1) is 4.91 Å². The van der Waals surface area contributed by atoms with Crippen molar-refractivity contribution < 1.29 is 14.3 Å². The zero-order valence-electron chi connectivity index (χ0n) is 10.9. The molecule has 0 radical (unpaired) electrons. The van der Waals surface area contributed by atoms with E-state index in [0.29, 0.717) is 13.0 Å². The molecule has 102 valence electrons. The summed E-state index contributed by atoms with van der Waals surface area (Å²) in [6, 6.07) is 0. The van der Waals surface area contributed by atoms with E-state index in [2.05, 4.69) is 10.5 Å². The molecule has 7 nitrogen and oxygen atoms in total. The van der Waals surface area contributed by atoms with Gasteiger partial charge in [-0.25, -0.2) is 4.79 Å². The molecule has 1 atom stereocenters. The maximum Gasteiger partial charge on any atom is 0.408 e. The van der Waals surface area contributed by atoms with E-state index in [9.17, 15) is 14.5 Å². The van der Waals surface area contributed by atoms with Crippen LogP contribution in [0.3, 0.4) is 0 Å². The third kappa shape index (κ3) is 4.31. The number of alkyl carbamates (subject to hydrolysis) is 1. The number of rotatable bonds is 3. The summed E-state index contributed by atoms with van der Waals surface area (Å²) in [5.74, 6) is -0.317. The molecule has 0 aromatic carbocycles. The molecule has 1 aliphatic rings. The van der Waals surface area contributed by atoms with Gasteiger partial charge in [-0.05, 0) is 38.8 Å². The molecule has 1 fully saturated rings. The number of carbonyl (C=O) groups is 2. The van der Waals surface area contributed by atoms with Crippen molar-refractivity contribution in [3.63, 3.8) is 0 Å². The van der Waals surface area contributed by atoms with Crippen molar-refractivity contribution >= 4 is 12.0 Å². The van der Waals surface area contributed by atoms with Gasteiger partial charge in [0.25, 0.3) is 0 Å². The minimum atomic E-state index is -0.648. The van der Waals surface area contributed by atoms with Gasteiger partial charge in [0.2, 0.25) is 5.91 Å². The maximum absolute atomic E-state index is 11.7. The molecule has 1 N–H and O–H groups in total. The number of ether oxygens (including phenoxy) is 1. The lowest BCUT2D eigenvalue weighted by atomic mass is 10.2. The third-order valence-corrected chi connectivity index (χ3v) is 2.45. The minimum Gasteiger partial charge on any atom is -0.444 e. The molecule has 0 unspecified atom stereocenters. The molecule has 0 spiro atoms. The van der Waals surface area contributed by atoms with Crippen LogP contribution in [-0.4, -0.2) is 41.8 Å². The van der Waals surface area contributed by atoms with Gasteiger partial charge >= 0.3 is 6.09 Å². The monoisotopic (exact) mass is 257 g/mol. The van der Waals surface area contributed by atoms with E-state index in [4.69, 9.17) is 4.74 Å². The smallest absolute Gasteiger partial charge is 0.408 e. The number of hydrogen-bond acceptors (Lipinski definition) is 5. The summed E-state index contributed by atoms with van der Waals surface area (Å²) in [6.45, 7) is 5.54. The minimum absolute atomic E-state index is 0.180. The molecule has 1 rings (SSSR count). The summed E-state index contributed by atoms with van der Waals surface area (Å²) in [6.07, 6.45) is 0.0968. The molecule has 0 aliphatic carbocycles. The average molecular weight is 257 g/mol. The second-order valence-corrected chi connectivity index (χ2v) is 5.17. The van der Waals surface area contributed by atoms with E-state index in [-0.39, 0.29) is 12.5 Å². The highest BCUT2D eigenvalue weighted by molar-refractivity contribution is 5.82. The Morgan fingerprint density at radius 1 is 1.44 bits per heavy atom. The first-order valence-electron chi connectivity index (χ1n) is 5.92. The highest BCUT2D eigenvalue weighted by atomic mass is 16.6.